The fourth-order valence-electron chi connectivity index (χ4n) is 4.29. The Morgan fingerprint density at radius 1 is 1.09 bits per heavy atom. The number of nitrogens with zero attached hydrogens (tertiary/aromatic N) is 2. The molecule has 0 aromatic heterocycles. The highest BCUT2D eigenvalue weighted by atomic mass is 32.2. The van der Waals surface area contributed by atoms with Gasteiger partial charge in [0.2, 0.25) is 21.8 Å². The minimum Gasteiger partial charge on any atom is -0.442 e. The largest absolute Gasteiger partial charge is 0.442 e. The van der Waals surface area contributed by atoms with E-state index >= 15 is 0 Å². The molecule has 4 rings (SSSR count). The highest BCUT2D eigenvalue weighted by molar-refractivity contribution is 8.01. The van der Waals surface area contributed by atoms with E-state index in [1.54, 1.807) is 30.3 Å². The number of hydrogen-bond acceptors (Lipinski definition) is 7. The first kappa shape index (κ1) is 25.1. The van der Waals surface area contributed by atoms with Gasteiger partial charge in [0, 0.05) is 4.75 Å². The topological polar surface area (TPSA) is 113 Å². The Bertz CT molecular complexity index is 1220. The van der Waals surface area contributed by atoms with E-state index in [1.165, 1.54) is 16.7 Å². The zero-order valence-corrected chi connectivity index (χ0v) is 21.2. The summed E-state index contributed by atoms with van der Waals surface area (Å²) in [4.78, 5) is 39.9. The highest BCUT2D eigenvalue weighted by Crippen LogP contribution is 2.51. The maximum absolute atomic E-state index is 13.1. The van der Waals surface area contributed by atoms with Crippen molar-refractivity contribution in [3.63, 3.8) is 0 Å². The number of nitrogens with one attached hydrogen (secondary N) is 1. The molecule has 0 saturated carbocycles. The van der Waals surface area contributed by atoms with Crippen LogP contribution in [0.4, 0.5) is 5.69 Å². The van der Waals surface area contributed by atoms with Crippen LogP contribution in [-0.2, 0) is 35.6 Å². The van der Waals surface area contributed by atoms with Gasteiger partial charge in [0.15, 0.2) is 6.73 Å². The lowest BCUT2D eigenvalue weighted by Crippen LogP contribution is -2.70. The van der Waals surface area contributed by atoms with Crippen LogP contribution in [0.5, 0.6) is 0 Å². The predicted molar refractivity (Wildman–Crippen MR) is 133 cm³/mol. The number of para-hydroxylation sites is 1. The second-order valence-corrected chi connectivity index (χ2v) is 12.7. The summed E-state index contributed by atoms with van der Waals surface area (Å²) in [6, 6.07) is 15.9. The Morgan fingerprint density at radius 3 is 2.29 bits per heavy atom. The maximum atomic E-state index is 13.1. The number of sulfonamides is 1. The molecule has 186 valence electrons. The van der Waals surface area contributed by atoms with Gasteiger partial charge in [-0.1, -0.05) is 48.5 Å². The van der Waals surface area contributed by atoms with Crippen LogP contribution in [0.2, 0.25) is 0 Å². The van der Waals surface area contributed by atoms with Crippen LogP contribution in [0, 0.1) is 0 Å². The van der Waals surface area contributed by atoms with Gasteiger partial charge in [-0.05, 0) is 31.5 Å². The normalized spacial score (nSPS) is 22.7. The third-order valence-corrected chi connectivity index (χ3v) is 8.65. The van der Waals surface area contributed by atoms with Crippen LogP contribution in [0.15, 0.2) is 60.7 Å². The molecule has 2 aliphatic heterocycles. The summed E-state index contributed by atoms with van der Waals surface area (Å²) in [6.07, 6.45) is 1.18. The molecule has 1 N–H and O–H groups in total. The summed E-state index contributed by atoms with van der Waals surface area (Å²) in [6.45, 7) is 3.13. The van der Waals surface area contributed by atoms with E-state index in [-0.39, 0.29) is 18.2 Å². The monoisotopic (exact) mass is 517 g/mol. The molecular formula is C24H27N3O6S2. The zero-order chi connectivity index (χ0) is 25.4. The highest BCUT2D eigenvalue weighted by Gasteiger charge is 2.64. The van der Waals surface area contributed by atoms with Crippen molar-refractivity contribution < 1.29 is 27.5 Å². The van der Waals surface area contributed by atoms with E-state index < -0.39 is 44.9 Å². The van der Waals surface area contributed by atoms with Gasteiger partial charge in [-0.15, -0.1) is 11.8 Å². The number of carbonyl (C=O) groups excluding carboxylic acids is 3. The molecule has 0 spiro atoms. The van der Waals surface area contributed by atoms with Gasteiger partial charge in [-0.2, -0.15) is 0 Å². The van der Waals surface area contributed by atoms with Crippen molar-refractivity contribution in [3.8, 4) is 0 Å². The fraction of sp³-hybridized carbons (Fsp3) is 0.375. The summed E-state index contributed by atoms with van der Waals surface area (Å²) in [5, 5.41) is 2.38. The van der Waals surface area contributed by atoms with Crippen molar-refractivity contribution >= 4 is 45.3 Å². The molecule has 9 nitrogen and oxygen atoms in total. The molecule has 0 bridgehead atoms. The lowest BCUT2D eigenvalue weighted by Gasteiger charge is -2.44. The number of amides is 2. The van der Waals surface area contributed by atoms with E-state index in [9.17, 15) is 22.8 Å². The Labute approximate surface area is 208 Å². The lowest BCUT2D eigenvalue weighted by molar-refractivity contribution is -0.164. The Hall–Kier alpha value is -3.05. The second-order valence-electron chi connectivity index (χ2n) is 9.01. The summed E-state index contributed by atoms with van der Waals surface area (Å²) >= 11 is 1.41. The van der Waals surface area contributed by atoms with E-state index in [1.807, 2.05) is 44.2 Å². The Morgan fingerprint density at radius 2 is 1.69 bits per heavy atom. The smallest absolute Gasteiger partial charge is 0.332 e. The van der Waals surface area contributed by atoms with Gasteiger partial charge >= 0.3 is 5.97 Å². The summed E-state index contributed by atoms with van der Waals surface area (Å²) in [5.74, 6) is -1.33. The van der Waals surface area contributed by atoms with Crippen molar-refractivity contribution in [2.75, 3.05) is 17.3 Å². The van der Waals surface area contributed by atoms with Crippen molar-refractivity contribution in [1.82, 2.24) is 10.2 Å². The molecule has 2 aromatic carbocycles. The van der Waals surface area contributed by atoms with Gasteiger partial charge in [-0.25, -0.2) is 17.5 Å². The number of rotatable bonds is 8. The fourth-order valence-corrected chi connectivity index (χ4v) is 6.66. The predicted octanol–water partition coefficient (Wildman–Crippen LogP) is 1.74. The molecule has 0 radical (unpaired) electrons. The number of ether oxygens (including phenoxy) is 1. The summed E-state index contributed by atoms with van der Waals surface area (Å²) in [5.41, 5.74) is 1.20. The van der Waals surface area contributed by atoms with E-state index in [2.05, 4.69) is 5.32 Å². The number of esters is 1. The number of anilines is 1. The number of thioether (sulfide) groups is 1. The molecular weight excluding hydrogens is 490 g/mol. The minimum absolute atomic E-state index is 0.150. The molecule has 0 aliphatic carbocycles. The molecule has 0 unspecified atom stereocenters. The number of fused-ring (bicyclic) bond motifs is 1. The van der Waals surface area contributed by atoms with Crippen LogP contribution in [-0.4, -0.2) is 66.3 Å². The van der Waals surface area contributed by atoms with Crippen LogP contribution >= 0.6 is 11.8 Å². The SMILES string of the molecule is CC1(C)S[C@@H]2[C@H](NC(=O)Cc3ccccc3)C(=O)N2[C@H]1C(=O)OCN(c1ccccc1)S(C)(=O)=O. The Balaban J connectivity index is 1.42. The maximum Gasteiger partial charge on any atom is 0.332 e. The van der Waals surface area contributed by atoms with Crippen molar-refractivity contribution in [2.45, 2.75) is 42.5 Å². The Kier molecular flexibility index (Phi) is 6.83. The van der Waals surface area contributed by atoms with E-state index in [0.717, 1.165) is 16.1 Å². The molecule has 35 heavy (non-hydrogen) atoms. The molecule has 3 atom stereocenters. The van der Waals surface area contributed by atoms with E-state index in [4.69, 9.17) is 4.74 Å². The van der Waals surface area contributed by atoms with Crippen LogP contribution in [0.25, 0.3) is 0 Å². The quantitative estimate of drug-likeness (QED) is 0.322. The van der Waals surface area contributed by atoms with Gasteiger partial charge in [0.05, 0.1) is 18.4 Å². The van der Waals surface area contributed by atoms with Crippen LogP contribution in [0.1, 0.15) is 19.4 Å². The first-order valence-electron chi connectivity index (χ1n) is 11.0. The minimum atomic E-state index is -3.71. The first-order chi connectivity index (χ1) is 16.5. The third kappa shape index (κ3) is 5.15. The molecule has 2 aliphatic rings. The van der Waals surface area contributed by atoms with Gasteiger partial charge in [-0.3, -0.25) is 9.59 Å². The standard InChI is InChI=1S/C24H27N3O6S2/c1-24(2)20(23(30)33-15-26(35(3,31)32)17-12-8-5-9-13-17)27-21(29)19(22(27)34-24)25-18(28)14-16-10-6-4-7-11-16/h4-13,19-20,22H,14-15H2,1-3H3,(H,25,28)/t19-,20+,22-/m1/s1. The third-order valence-electron chi connectivity index (χ3n) is 5.96. The zero-order valence-electron chi connectivity index (χ0n) is 19.6. The molecule has 2 aromatic rings. The van der Waals surface area contributed by atoms with Crippen molar-refractivity contribution in [1.29, 1.82) is 0 Å². The number of benzene rings is 2. The lowest BCUT2D eigenvalue weighted by atomic mass is 9.96. The molecule has 2 heterocycles. The molecule has 2 saturated heterocycles. The second kappa shape index (κ2) is 9.54. The molecule has 11 heteroatoms. The van der Waals surface area contributed by atoms with Gasteiger partial charge in [0.1, 0.15) is 17.5 Å². The van der Waals surface area contributed by atoms with Gasteiger partial charge in [0.25, 0.3) is 0 Å². The molecule has 2 fully saturated rings. The number of β-lactam (4-membered cyclic amide) rings is 1. The van der Waals surface area contributed by atoms with Crippen molar-refractivity contribution in [3.05, 3.63) is 66.2 Å². The summed E-state index contributed by atoms with van der Waals surface area (Å²) < 4.78 is 30.3. The average molecular weight is 518 g/mol. The van der Waals surface area contributed by atoms with Crippen LogP contribution < -0.4 is 9.62 Å². The summed E-state index contributed by atoms with van der Waals surface area (Å²) in [7, 11) is -3.71. The van der Waals surface area contributed by atoms with E-state index in [0.29, 0.717) is 5.69 Å². The number of carbonyl (C=O) groups is 3. The van der Waals surface area contributed by atoms with Gasteiger partial charge < -0.3 is 15.0 Å². The van der Waals surface area contributed by atoms with Crippen molar-refractivity contribution in [2.24, 2.45) is 0 Å². The molecule has 2 amide bonds. The first-order valence-corrected chi connectivity index (χ1v) is 13.7. The van der Waals surface area contributed by atoms with Crippen LogP contribution in [0.3, 0.4) is 0 Å². The number of hydrogen-bond donors (Lipinski definition) is 1. The average Bonchev–Trinajstić information content (AvgIpc) is 3.06.